The molecule has 1 amide bonds. The topological polar surface area (TPSA) is 58.1 Å². The van der Waals surface area contributed by atoms with Crippen molar-refractivity contribution in [2.75, 3.05) is 18.9 Å². The van der Waals surface area contributed by atoms with Gasteiger partial charge in [0.05, 0.1) is 21.4 Å². The van der Waals surface area contributed by atoms with Gasteiger partial charge in [-0.2, -0.15) is 0 Å². The summed E-state index contributed by atoms with van der Waals surface area (Å²) >= 11 is 5.07. The van der Waals surface area contributed by atoms with Gasteiger partial charge in [-0.15, -0.1) is 11.3 Å². The number of carbonyl (C=O) groups excluding carboxylic acids is 1. The van der Waals surface area contributed by atoms with Crippen LogP contribution in [0.2, 0.25) is 0 Å². The number of hydrogen-bond donors (Lipinski definition) is 1. The van der Waals surface area contributed by atoms with Crippen LogP contribution in [0.4, 0.5) is 5.95 Å². The molecule has 1 atom stereocenters. The molecule has 2 aromatic rings. The second-order valence-corrected chi connectivity index (χ2v) is 6.08. The average Bonchev–Trinajstić information content (AvgIpc) is 2.85. The van der Waals surface area contributed by atoms with E-state index in [0.717, 1.165) is 14.7 Å². The summed E-state index contributed by atoms with van der Waals surface area (Å²) in [5.41, 5.74) is 0.912. The van der Waals surface area contributed by atoms with Crippen LogP contribution in [0.15, 0.2) is 16.0 Å². The minimum atomic E-state index is 0.0948. The van der Waals surface area contributed by atoms with Crippen LogP contribution in [0.3, 0.4) is 0 Å². The van der Waals surface area contributed by atoms with E-state index in [-0.39, 0.29) is 11.9 Å². The van der Waals surface area contributed by atoms with Gasteiger partial charge in [-0.3, -0.25) is 4.79 Å². The molecule has 0 spiro atoms. The molecule has 1 fully saturated rings. The number of nitrogens with one attached hydrogen (secondary N) is 1. The maximum atomic E-state index is 11.4. The monoisotopic (exact) mass is 326 g/mol. The van der Waals surface area contributed by atoms with E-state index in [1.54, 1.807) is 22.4 Å². The molecular weight excluding hydrogens is 316 g/mol. The normalized spacial score (nSPS) is 19.8. The number of hydrogen-bond acceptors (Lipinski definition) is 5. The summed E-state index contributed by atoms with van der Waals surface area (Å²) < 4.78 is 2.03. The fourth-order valence-corrected chi connectivity index (χ4v) is 3.45. The minimum Gasteiger partial charge on any atom is -0.349 e. The zero-order valence-corrected chi connectivity index (χ0v) is 12.1. The standard InChI is InChI=1S/C11H11BrN4OS/c1-16-4-6(2-9(16)17)14-11-13-3-8-10(15-11)7(12)5-18-8/h3,5-6H,2,4H2,1H3,(H,13,14,15)/t6-/m0/s1. The number of nitrogens with zero attached hydrogens (tertiary/aromatic N) is 3. The summed E-state index contributed by atoms with van der Waals surface area (Å²) in [5, 5.41) is 5.21. The number of rotatable bonds is 2. The lowest BCUT2D eigenvalue weighted by Gasteiger charge is -2.11. The van der Waals surface area contributed by atoms with E-state index < -0.39 is 0 Å². The van der Waals surface area contributed by atoms with E-state index in [9.17, 15) is 4.79 Å². The lowest BCUT2D eigenvalue weighted by molar-refractivity contribution is -0.126. The Kier molecular flexibility index (Phi) is 2.95. The molecule has 18 heavy (non-hydrogen) atoms. The Bertz CT molecular complexity index is 614. The first-order chi connectivity index (χ1) is 8.63. The van der Waals surface area contributed by atoms with Crippen molar-refractivity contribution in [3.63, 3.8) is 0 Å². The SMILES string of the molecule is CN1C[C@@H](Nc2ncc3scc(Br)c3n2)CC1=O. The van der Waals surface area contributed by atoms with Gasteiger partial charge < -0.3 is 10.2 Å². The molecule has 0 radical (unpaired) electrons. The molecule has 1 saturated heterocycles. The van der Waals surface area contributed by atoms with Gasteiger partial charge in [-0.1, -0.05) is 0 Å². The molecule has 2 aromatic heterocycles. The fraction of sp³-hybridized carbons (Fsp3) is 0.364. The molecule has 94 valence electrons. The molecule has 1 aliphatic heterocycles. The largest absolute Gasteiger partial charge is 0.349 e. The Hall–Kier alpha value is -1.21. The number of likely N-dealkylation sites (tertiary alicyclic amines) is 1. The van der Waals surface area contributed by atoms with Crippen molar-refractivity contribution >= 4 is 49.3 Å². The predicted octanol–water partition coefficient (Wildman–Crippen LogP) is 2.10. The lowest BCUT2D eigenvalue weighted by atomic mass is 10.2. The summed E-state index contributed by atoms with van der Waals surface area (Å²) in [7, 11) is 1.81. The second-order valence-electron chi connectivity index (χ2n) is 4.31. The third kappa shape index (κ3) is 2.08. The second kappa shape index (κ2) is 4.47. The predicted molar refractivity (Wildman–Crippen MR) is 74.8 cm³/mol. The first-order valence-electron chi connectivity index (χ1n) is 5.54. The van der Waals surface area contributed by atoms with Crippen molar-refractivity contribution < 1.29 is 4.79 Å². The number of fused-ring (bicyclic) bond motifs is 1. The highest BCUT2D eigenvalue weighted by molar-refractivity contribution is 9.10. The van der Waals surface area contributed by atoms with Gasteiger partial charge in [0.2, 0.25) is 11.9 Å². The third-order valence-corrected chi connectivity index (χ3v) is 4.76. The Labute approximate surface area is 116 Å². The van der Waals surface area contributed by atoms with E-state index >= 15 is 0 Å². The molecule has 0 aromatic carbocycles. The van der Waals surface area contributed by atoms with E-state index in [2.05, 4.69) is 31.2 Å². The fourth-order valence-electron chi connectivity index (χ4n) is 2.01. The van der Waals surface area contributed by atoms with Gasteiger partial charge >= 0.3 is 0 Å². The van der Waals surface area contributed by atoms with E-state index in [1.807, 2.05) is 12.4 Å². The van der Waals surface area contributed by atoms with Crippen LogP contribution in [0, 0.1) is 0 Å². The quantitative estimate of drug-likeness (QED) is 0.918. The molecule has 0 bridgehead atoms. The molecule has 3 heterocycles. The van der Waals surface area contributed by atoms with Crippen molar-refractivity contribution in [1.82, 2.24) is 14.9 Å². The van der Waals surface area contributed by atoms with Crippen LogP contribution in [0.5, 0.6) is 0 Å². The van der Waals surface area contributed by atoms with E-state index in [4.69, 9.17) is 0 Å². The molecular formula is C11H11BrN4OS. The van der Waals surface area contributed by atoms with Crippen LogP contribution in [0.1, 0.15) is 6.42 Å². The first kappa shape index (κ1) is 11.9. The molecule has 0 saturated carbocycles. The van der Waals surface area contributed by atoms with Crippen LogP contribution < -0.4 is 5.32 Å². The van der Waals surface area contributed by atoms with E-state index in [0.29, 0.717) is 18.9 Å². The van der Waals surface area contributed by atoms with Crippen molar-refractivity contribution in [3.05, 3.63) is 16.0 Å². The van der Waals surface area contributed by atoms with Gasteiger partial charge in [0.25, 0.3) is 0 Å². The van der Waals surface area contributed by atoms with Crippen LogP contribution >= 0.6 is 27.3 Å². The van der Waals surface area contributed by atoms with Gasteiger partial charge in [0, 0.05) is 25.4 Å². The van der Waals surface area contributed by atoms with Crippen molar-refractivity contribution in [3.8, 4) is 0 Å². The van der Waals surface area contributed by atoms with Crippen LogP contribution in [-0.4, -0.2) is 40.4 Å². The number of likely N-dealkylation sites (N-methyl/N-ethyl adjacent to an activating group) is 1. The first-order valence-corrected chi connectivity index (χ1v) is 7.21. The molecule has 3 rings (SSSR count). The molecule has 1 N–H and O–H groups in total. The van der Waals surface area contributed by atoms with Gasteiger partial charge in [-0.05, 0) is 15.9 Å². The van der Waals surface area contributed by atoms with Gasteiger partial charge in [0.15, 0.2) is 0 Å². The smallest absolute Gasteiger partial charge is 0.224 e. The third-order valence-electron chi connectivity index (χ3n) is 2.95. The van der Waals surface area contributed by atoms with Crippen molar-refractivity contribution in [1.29, 1.82) is 0 Å². The lowest BCUT2D eigenvalue weighted by Crippen LogP contribution is -2.25. The highest BCUT2D eigenvalue weighted by Crippen LogP contribution is 2.28. The Morgan fingerprint density at radius 1 is 1.61 bits per heavy atom. The van der Waals surface area contributed by atoms with Crippen LogP contribution in [0.25, 0.3) is 10.2 Å². The zero-order valence-electron chi connectivity index (χ0n) is 9.68. The number of amides is 1. The minimum absolute atomic E-state index is 0.0948. The molecule has 7 heteroatoms. The Balaban J connectivity index is 1.82. The van der Waals surface area contributed by atoms with Crippen molar-refractivity contribution in [2.24, 2.45) is 0 Å². The Morgan fingerprint density at radius 3 is 3.17 bits per heavy atom. The number of anilines is 1. The van der Waals surface area contributed by atoms with Gasteiger partial charge in [-0.25, -0.2) is 9.97 Å². The molecule has 1 aliphatic rings. The maximum Gasteiger partial charge on any atom is 0.224 e. The van der Waals surface area contributed by atoms with Crippen LogP contribution in [-0.2, 0) is 4.79 Å². The zero-order chi connectivity index (χ0) is 12.7. The number of halogens is 1. The average molecular weight is 327 g/mol. The molecule has 0 unspecified atom stereocenters. The Morgan fingerprint density at radius 2 is 2.44 bits per heavy atom. The summed E-state index contributed by atoms with van der Waals surface area (Å²) in [6.07, 6.45) is 2.31. The van der Waals surface area contributed by atoms with Gasteiger partial charge in [0.1, 0.15) is 5.52 Å². The summed E-state index contributed by atoms with van der Waals surface area (Å²) in [6.45, 7) is 0.699. The van der Waals surface area contributed by atoms with E-state index in [1.165, 1.54) is 0 Å². The number of thiophene rings is 1. The number of carbonyl (C=O) groups is 1. The molecule has 5 nitrogen and oxygen atoms in total. The summed E-state index contributed by atoms with van der Waals surface area (Å²) in [5.74, 6) is 0.736. The highest BCUT2D eigenvalue weighted by atomic mass is 79.9. The number of aromatic nitrogens is 2. The molecule has 0 aliphatic carbocycles. The highest BCUT2D eigenvalue weighted by Gasteiger charge is 2.27. The summed E-state index contributed by atoms with van der Waals surface area (Å²) in [6, 6.07) is 0.0948. The maximum absolute atomic E-state index is 11.4. The van der Waals surface area contributed by atoms with Crippen molar-refractivity contribution in [2.45, 2.75) is 12.5 Å². The summed E-state index contributed by atoms with van der Waals surface area (Å²) in [4.78, 5) is 21.9.